The number of rotatable bonds is 7. The van der Waals surface area contributed by atoms with Gasteiger partial charge in [-0.25, -0.2) is 9.97 Å². The molecule has 0 radical (unpaired) electrons. The number of amides is 1. The molecule has 0 saturated carbocycles. The number of halogens is 2. The molecule has 4 rings (SSSR count). The fourth-order valence-electron chi connectivity index (χ4n) is 3.95. The molecule has 3 heterocycles. The number of carbonyl (C=O) groups is 1. The molecule has 1 amide bonds. The first-order chi connectivity index (χ1) is 16.3. The standard InChI is InChI=1S/C23H24Cl2N6O3/c1-5-19(32)28-15-10-31(2)11-16(15)30-23-27-8-12-6-13(26-9-14(12)29-23)20-21(24)17(33-3)7-18(34-4)22(20)25/h5-9,15-16H,1,10-11H2,2-4H3,(H,28,32)(H,27,29,30)/t15-,16+/m0/s1. The molecular formula is C23H24Cl2N6O3. The fraction of sp³-hybridized carbons (Fsp3) is 0.304. The maximum atomic E-state index is 11.8. The van der Waals surface area contributed by atoms with Crippen LogP contribution in [0.2, 0.25) is 10.0 Å². The highest BCUT2D eigenvalue weighted by Crippen LogP contribution is 2.45. The van der Waals surface area contributed by atoms with E-state index in [1.165, 1.54) is 20.3 Å². The summed E-state index contributed by atoms with van der Waals surface area (Å²) in [5.41, 5.74) is 1.67. The highest BCUT2D eigenvalue weighted by Gasteiger charge is 2.32. The van der Waals surface area contributed by atoms with Crippen LogP contribution in [-0.2, 0) is 4.79 Å². The number of likely N-dealkylation sites (tertiary alicyclic amines) is 1. The summed E-state index contributed by atoms with van der Waals surface area (Å²) in [6, 6.07) is 3.28. The lowest BCUT2D eigenvalue weighted by Gasteiger charge is -2.20. The highest BCUT2D eigenvalue weighted by molar-refractivity contribution is 6.41. The predicted molar refractivity (Wildman–Crippen MR) is 133 cm³/mol. The molecule has 1 aliphatic rings. The summed E-state index contributed by atoms with van der Waals surface area (Å²) in [6.07, 6.45) is 4.60. The number of likely N-dealkylation sites (N-methyl/N-ethyl adjacent to an activating group) is 1. The molecule has 0 unspecified atom stereocenters. The molecule has 2 N–H and O–H groups in total. The van der Waals surface area contributed by atoms with Crippen LogP contribution in [0.15, 0.2) is 37.2 Å². The Balaban J connectivity index is 1.63. The number of pyridine rings is 1. The molecule has 11 heteroatoms. The second kappa shape index (κ2) is 10.0. The van der Waals surface area contributed by atoms with Crippen molar-refractivity contribution in [3.8, 4) is 22.8 Å². The number of carbonyl (C=O) groups excluding carboxylic acids is 1. The number of aromatic nitrogens is 3. The first-order valence-electron chi connectivity index (χ1n) is 10.5. The van der Waals surface area contributed by atoms with Crippen LogP contribution in [0, 0.1) is 0 Å². The highest BCUT2D eigenvalue weighted by atomic mass is 35.5. The molecule has 2 atom stereocenters. The van der Waals surface area contributed by atoms with E-state index in [0.29, 0.717) is 50.8 Å². The molecule has 178 valence electrons. The normalized spacial score (nSPS) is 18.0. The third-order valence-electron chi connectivity index (χ3n) is 5.63. The van der Waals surface area contributed by atoms with Crippen LogP contribution in [0.25, 0.3) is 22.2 Å². The summed E-state index contributed by atoms with van der Waals surface area (Å²) >= 11 is 13.1. The summed E-state index contributed by atoms with van der Waals surface area (Å²) in [7, 11) is 5.03. The molecule has 2 aromatic heterocycles. The van der Waals surface area contributed by atoms with E-state index in [4.69, 9.17) is 32.7 Å². The van der Waals surface area contributed by atoms with Gasteiger partial charge >= 0.3 is 0 Å². The minimum atomic E-state index is -0.213. The van der Waals surface area contributed by atoms with Crippen molar-refractivity contribution in [1.29, 1.82) is 0 Å². The van der Waals surface area contributed by atoms with Crippen molar-refractivity contribution < 1.29 is 14.3 Å². The lowest BCUT2D eigenvalue weighted by Crippen LogP contribution is -2.45. The van der Waals surface area contributed by atoms with Crippen molar-refractivity contribution in [2.24, 2.45) is 0 Å². The van der Waals surface area contributed by atoms with Gasteiger partial charge in [-0.15, -0.1) is 0 Å². The molecule has 0 bridgehead atoms. The van der Waals surface area contributed by atoms with E-state index in [-0.39, 0.29) is 18.0 Å². The quantitative estimate of drug-likeness (QED) is 0.474. The smallest absolute Gasteiger partial charge is 0.243 e. The van der Waals surface area contributed by atoms with Gasteiger partial charge in [-0.2, -0.15) is 0 Å². The van der Waals surface area contributed by atoms with Crippen LogP contribution in [-0.4, -0.2) is 72.2 Å². The zero-order valence-corrected chi connectivity index (χ0v) is 20.4. The number of hydrogen-bond acceptors (Lipinski definition) is 8. The van der Waals surface area contributed by atoms with Gasteiger partial charge in [0, 0.05) is 36.3 Å². The van der Waals surface area contributed by atoms with Gasteiger partial charge in [0.2, 0.25) is 11.9 Å². The molecule has 0 spiro atoms. The monoisotopic (exact) mass is 502 g/mol. The summed E-state index contributed by atoms with van der Waals surface area (Å²) < 4.78 is 10.7. The van der Waals surface area contributed by atoms with E-state index < -0.39 is 0 Å². The van der Waals surface area contributed by atoms with Crippen molar-refractivity contribution in [1.82, 2.24) is 25.2 Å². The lowest BCUT2D eigenvalue weighted by molar-refractivity contribution is -0.117. The Morgan fingerprint density at radius 3 is 2.44 bits per heavy atom. The Kier molecular flexibility index (Phi) is 7.06. The van der Waals surface area contributed by atoms with Crippen molar-refractivity contribution in [2.45, 2.75) is 12.1 Å². The van der Waals surface area contributed by atoms with Crippen LogP contribution in [0.4, 0.5) is 5.95 Å². The summed E-state index contributed by atoms with van der Waals surface area (Å²) in [5, 5.41) is 7.68. The van der Waals surface area contributed by atoms with E-state index in [2.05, 4.69) is 37.1 Å². The number of ether oxygens (including phenoxy) is 2. The predicted octanol–water partition coefficient (Wildman–Crippen LogP) is 3.41. The summed E-state index contributed by atoms with van der Waals surface area (Å²) in [6.45, 7) is 4.96. The van der Waals surface area contributed by atoms with Gasteiger partial charge in [0.25, 0.3) is 0 Å². The van der Waals surface area contributed by atoms with Crippen molar-refractivity contribution in [2.75, 3.05) is 39.7 Å². The number of methoxy groups -OCH3 is 2. The third-order valence-corrected chi connectivity index (χ3v) is 6.38. The average molecular weight is 503 g/mol. The van der Waals surface area contributed by atoms with Gasteiger partial charge in [-0.3, -0.25) is 9.78 Å². The van der Waals surface area contributed by atoms with Crippen LogP contribution >= 0.6 is 23.2 Å². The van der Waals surface area contributed by atoms with E-state index in [9.17, 15) is 4.79 Å². The fourth-order valence-corrected chi connectivity index (χ4v) is 4.65. The lowest BCUT2D eigenvalue weighted by atomic mass is 10.1. The Labute approximate surface area is 207 Å². The second-order valence-corrected chi connectivity index (χ2v) is 8.65. The molecule has 1 aliphatic heterocycles. The zero-order chi connectivity index (χ0) is 24.4. The van der Waals surface area contributed by atoms with Crippen LogP contribution in [0.3, 0.4) is 0 Å². The number of hydrogen-bond donors (Lipinski definition) is 2. The average Bonchev–Trinajstić information content (AvgIpc) is 3.17. The Hall–Kier alpha value is -3.14. The van der Waals surface area contributed by atoms with Gasteiger partial charge in [-0.05, 0) is 19.2 Å². The topological polar surface area (TPSA) is 102 Å². The largest absolute Gasteiger partial charge is 0.495 e. The number of benzene rings is 1. The number of nitrogens with zero attached hydrogens (tertiary/aromatic N) is 4. The van der Waals surface area contributed by atoms with Crippen LogP contribution in [0.1, 0.15) is 0 Å². The van der Waals surface area contributed by atoms with Crippen LogP contribution < -0.4 is 20.1 Å². The Morgan fingerprint density at radius 2 is 1.79 bits per heavy atom. The molecule has 3 aromatic rings. The molecule has 9 nitrogen and oxygen atoms in total. The zero-order valence-electron chi connectivity index (χ0n) is 18.9. The van der Waals surface area contributed by atoms with Gasteiger partial charge in [0.15, 0.2) is 0 Å². The first-order valence-corrected chi connectivity index (χ1v) is 11.2. The minimum absolute atomic E-state index is 0.0551. The maximum Gasteiger partial charge on any atom is 0.243 e. The number of nitrogens with one attached hydrogen (secondary N) is 2. The first kappa shape index (κ1) is 24.0. The molecular weight excluding hydrogens is 479 g/mol. The minimum Gasteiger partial charge on any atom is -0.495 e. The maximum absolute atomic E-state index is 11.8. The van der Waals surface area contributed by atoms with Crippen LogP contribution in [0.5, 0.6) is 11.5 Å². The van der Waals surface area contributed by atoms with Crippen molar-refractivity contribution in [3.63, 3.8) is 0 Å². The van der Waals surface area contributed by atoms with Gasteiger partial charge in [0.1, 0.15) is 11.5 Å². The van der Waals surface area contributed by atoms with E-state index in [1.807, 2.05) is 13.1 Å². The third kappa shape index (κ3) is 4.72. The molecule has 1 saturated heterocycles. The molecule has 1 aromatic carbocycles. The van der Waals surface area contributed by atoms with Gasteiger partial charge in [-0.1, -0.05) is 29.8 Å². The van der Waals surface area contributed by atoms with Crippen molar-refractivity contribution in [3.05, 3.63) is 47.2 Å². The summed E-state index contributed by atoms with van der Waals surface area (Å²) in [5.74, 6) is 1.08. The Bertz CT molecular complexity index is 1230. The van der Waals surface area contributed by atoms with Gasteiger partial charge < -0.3 is 25.0 Å². The van der Waals surface area contributed by atoms with E-state index in [1.54, 1.807) is 18.5 Å². The number of anilines is 1. The van der Waals surface area contributed by atoms with Gasteiger partial charge in [0.05, 0.1) is 53.8 Å². The van der Waals surface area contributed by atoms with E-state index >= 15 is 0 Å². The molecule has 1 fully saturated rings. The number of fused-ring (bicyclic) bond motifs is 1. The van der Waals surface area contributed by atoms with E-state index in [0.717, 1.165) is 11.9 Å². The Morgan fingerprint density at radius 1 is 1.12 bits per heavy atom. The molecule has 34 heavy (non-hydrogen) atoms. The summed E-state index contributed by atoms with van der Waals surface area (Å²) in [4.78, 5) is 27.5. The SMILES string of the molecule is C=CC(=O)N[C@H]1CN(C)C[C@H]1Nc1ncc2cc(-c3c(Cl)c(OC)cc(OC)c3Cl)ncc2n1. The van der Waals surface area contributed by atoms with Crippen molar-refractivity contribution >= 4 is 46.0 Å². The second-order valence-electron chi connectivity index (χ2n) is 7.90. The molecule has 0 aliphatic carbocycles.